The molecule has 0 atom stereocenters. The van der Waals surface area contributed by atoms with Crippen molar-refractivity contribution in [2.45, 2.75) is 52.4 Å². The van der Waals surface area contributed by atoms with Crippen molar-refractivity contribution in [3.8, 4) is 0 Å². The molecular formula is C26H40N2O4. The first-order valence-electron chi connectivity index (χ1n) is 11.4. The minimum Gasteiger partial charge on any atom is -0.381 e. The van der Waals surface area contributed by atoms with Crippen LogP contribution in [-0.2, 0) is 19.1 Å². The van der Waals surface area contributed by atoms with E-state index in [1.165, 1.54) is 34.4 Å². The van der Waals surface area contributed by atoms with Gasteiger partial charge in [-0.3, -0.25) is 9.59 Å². The van der Waals surface area contributed by atoms with E-state index in [1.807, 2.05) is 0 Å². The molecule has 2 amide bonds. The van der Waals surface area contributed by atoms with Crippen molar-refractivity contribution in [2.75, 3.05) is 39.5 Å². The Morgan fingerprint density at radius 3 is 1.75 bits per heavy atom. The third kappa shape index (κ3) is 11.3. The Hall–Kier alpha value is -2.44. The molecule has 0 spiro atoms. The lowest BCUT2D eigenvalue weighted by atomic mass is 9.92. The number of benzene rings is 1. The fourth-order valence-corrected chi connectivity index (χ4v) is 3.33. The number of unbranched alkanes of at least 4 members (excludes halogenated alkanes) is 2. The average Bonchev–Trinajstić information content (AvgIpc) is 2.78. The molecule has 0 aliphatic rings. The second kappa shape index (κ2) is 16.2. The Morgan fingerprint density at radius 1 is 0.812 bits per heavy atom. The maximum Gasteiger partial charge on any atom is 0.243 e. The van der Waals surface area contributed by atoms with E-state index in [4.69, 9.17) is 9.47 Å². The molecule has 6 nitrogen and oxygen atoms in total. The summed E-state index contributed by atoms with van der Waals surface area (Å²) < 4.78 is 11.9. The summed E-state index contributed by atoms with van der Waals surface area (Å²) in [6, 6.07) is 4.47. The minimum atomic E-state index is -0.142. The molecule has 1 rings (SSSR count). The van der Waals surface area contributed by atoms with Gasteiger partial charge in [-0.05, 0) is 80.9 Å². The van der Waals surface area contributed by atoms with Crippen LogP contribution in [0, 0.1) is 20.8 Å². The van der Waals surface area contributed by atoms with Crippen molar-refractivity contribution in [1.82, 2.24) is 10.6 Å². The zero-order valence-electron chi connectivity index (χ0n) is 20.0. The van der Waals surface area contributed by atoms with Gasteiger partial charge in [-0.1, -0.05) is 25.3 Å². The topological polar surface area (TPSA) is 76.7 Å². The molecule has 32 heavy (non-hydrogen) atoms. The Bertz CT molecular complexity index is 712. The van der Waals surface area contributed by atoms with Gasteiger partial charge in [-0.2, -0.15) is 0 Å². The van der Waals surface area contributed by atoms with E-state index in [0.29, 0.717) is 39.5 Å². The van der Waals surface area contributed by atoms with Crippen LogP contribution in [0.3, 0.4) is 0 Å². The lowest BCUT2D eigenvalue weighted by molar-refractivity contribution is -0.117. The normalized spacial score (nSPS) is 10.8. The predicted octanol–water partition coefficient (Wildman–Crippen LogP) is 3.89. The van der Waals surface area contributed by atoms with Crippen molar-refractivity contribution in [2.24, 2.45) is 0 Å². The average molecular weight is 445 g/mol. The van der Waals surface area contributed by atoms with Gasteiger partial charge in [0.2, 0.25) is 11.8 Å². The maximum atomic E-state index is 11.2. The highest BCUT2D eigenvalue weighted by Crippen LogP contribution is 2.24. The number of ether oxygens (including phenoxy) is 2. The monoisotopic (exact) mass is 444 g/mol. The van der Waals surface area contributed by atoms with Crippen molar-refractivity contribution in [1.29, 1.82) is 0 Å². The van der Waals surface area contributed by atoms with E-state index in [1.54, 1.807) is 0 Å². The molecule has 0 aliphatic carbocycles. The Balaban J connectivity index is 2.47. The maximum absolute atomic E-state index is 11.2. The van der Waals surface area contributed by atoms with Crippen LogP contribution < -0.4 is 10.6 Å². The first-order chi connectivity index (χ1) is 15.4. The number of aryl methyl sites for hydroxylation is 3. The number of nitrogens with one attached hydrogen (secondary N) is 2. The molecule has 6 heteroatoms. The van der Waals surface area contributed by atoms with Crippen LogP contribution in [0.4, 0.5) is 0 Å². The van der Waals surface area contributed by atoms with Crippen molar-refractivity contribution >= 4 is 11.8 Å². The number of amides is 2. The van der Waals surface area contributed by atoms with Gasteiger partial charge in [0.05, 0.1) is 13.2 Å². The van der Waals surface area contributed by atoms with E-state index in [0.717, 1.165) is 25.7 Å². The van der Waals surface area contributed by atoms with Crippen molar-refractivity contribution < 1.29 is 19.1 Å². The molecule has 2 N–H and O–H groups in total. The van der Waals surface area contributed by atoms with Crippen LogP contribution in [-0.4, -0.2) is 51.3 Å². The molecule has 1 aromatic carbocycles. The second-order valence-corrected chi connectivity index (χ2v) is 8.04. The number of hydrogen-bond donors (Lipinski definition) is 2. The van der Waals surface area contributed by atoms with Crippen LogP contribution in [0.25, 0.3) is 0 Å². The summed E-state index contributed by atoms with van der Waals surface area (Å²) >= 11 is 0. The van der Waals surface area contributed by atoms with Gasteiger partial charge in [-0.25, -0.2) is 0 Å². The highest BCUT2D eigenvalue weighted by atomic mass is 16.5. The largest absolute Gasteiger partial charge is 0.381 e. The first-order valence-corrected chi connectivity index (χ1v) is 11.4. The van der Waals surface area contributed by atoms with Crippen LogP contribution in [0.15, 0.2) is 37.4 Å². The third-order valence-electron chi connectivity index (χ3n) is 5.36. The summed E-state index contributed by atoms with van der Waals surface area (Å²) in [5, 5.41) is 5.55. The SMILES string of the molecule is C=CC(=O)NCCCCOCC(COCCCCNC(=O)C=C)c1cc(C)c(C)cc1C. The number of carbonyl (C=O) groups is 2. The van der Waals surface area contributed by atoms with Gasteiger partial charge in [0.15, 0.2) is 0 Å². The summed E-state index contributed by atoms with van der Waals surface area (Å²) in [6.07, 6.45) is 6.06. The van der Waals surface area contributed by atoms with Crippen LogP contribution in [0.5, 0.6) is 0 Å². The predicted molar refractivity (Wildman–Crippen MR) is 130 cm³/mol. The number of hydrogen-bond acceptors (Lipinski definition) is 4. The Labute approximate surface area is 193 Å². The van der Waals surface area contributed by atoms with E-state index < -0.39 is 0 Å². The van der Waals surface area contributed by atoms with Crippen LogP contribution in [0.1, 0.15) is 53.9 Å². The first kappa shape index (κ1) is 27.6. The summed E-state index contributed by atoms with van der Waals surface area (Å²) in [5.41, 5.74) is 5.08. The summed E-state index contributed by atoms with van der Waals surface area (Å²) in [4.78, 5) is 22.3. The fraction of sp³-hybridized carbons (Fsp3) is 0.538. The molecule has 0 saturated heterocycles. The van der Waals surface area contributed by atoms with Gasteiger partial charge in [0, 0.05) is 32.2 Å². The van der Waals surface area contributed by atoms with Crippen LogP contribution >= 0.6 is 0 Å². The van der Waals surface area contributed by atoms with E-state index in [2.05, 4.69) is 56.7 Å². The summed E-state index contributed by atoms with van der Waals surface area (Å²) in [5.74, 6) is -0.122. The molecule has 1 aromatic rings. The third-order valence-corrected chi connectivity index (χ3v) is 5.36. The van der Waals surface area contributed by atoms with Gasteiger partial charge < -0.3 is 20.1 Å². The molecular weight excluding hydrogens is 404 g/mol. The number of rotatable bonds is 17. The highest BCUT2D eigenvalue weighted by Gasteiger charge is 2.16. The zero-order chi connectivity index (χ0) is 23.8. The molecule has 0 saturated carbocycles. The standard InChI is InChI=1S/C26H40N2O4/c1-6-25(29)27-12-8-10-14-31-18-23(24-17-21(4)20(3)16-22(24)5)19-32-15-11-9-13-28-26(30)7-2/h6-7,16-17,23H,1-2,8-15,18-19H2,3-5H3,(H,27,29)(H,28,30). The number of carbonyl (C=O) groups excluding carboxylic acids is 2. The zero-order valence-corrected chi connectivity index (χ0v) is 20.0. The van der Waals surface area contributed by atoms with Crippen molar-refractivity contribution in [3.05, 3.63) is 59.7 Å². The molecule has 178 valence electrons. The molecule has 0 aliphatic heterocycles. The van der Waals surface area contributed by atoms with Crippen LogP contribution in [0.2, 0.25) is 0 Å². The van der Waals surface area contributed by atoms with Gasteiger partial charge >= 0.3 is 0 Å². The fourth-order valence-electron chi connectivity index (χ4n) is 3.33. The Kier molecular flexibility index (Phi) is 14.0. The minimum absolute atomic E-state index is 0.142. The smallest absolute Gasteiger partial charge is 0.243 e. The lowest BCUT2D eigenvalue weighted by Crippen LogP contribution is -2.22. The molecule has 0 unspecified atom stereocenters. The van der Waals surface area contributed by atoms with Crippen molar-refractivity contribution in [3.63, 3.8) is 0 Å². The van der Waals surface area contributed by atoms with Gasteiger partial charge in [0.25, 0.3) is 0 Å². The quantitative estimate of drug-likeness (QED) is 0.282. The molecule has 0 aromatic heterocycles. The van der Waals surface area contributed by atoms with E-state index in [-0.39, 0.29) is 17.7 Å². The molecule has 0 bridgehead atoms. The molecule has 0 radical (unpaired) electrons. The second-order valence-electron chi connectivity index (χ2n) is 8.04. The summed E-state index contributed by atoms with van der Waals surface area (Å²) in [6.45, 7) is 17.0. The van der Waals surface area contributed by atoms with Gasteiger partial charge in [-0.15, -0.1) is 0 Å². The molecule has 0 heterocycles. The van der Waals surface area contributed by atoms with Gasteiger partial charge in [0.1, 0.15) is 0 Å². The highest BCUT2D eigenvalue weighted by molar-refractivity contribution is 5.87. The molecule has 0 fully saturated rings. The lowest BCUT2D eigenvalue weighted by Gasteiger charge is -2.21. The Morgan fingerprint density at radius 2 is 1.28 bits per heavy atom. The van der Waals surface area contributed by atoms with E-state index >= 15 is 0 Å². The van der Waals surface area contributed by atoms with E-state index in [9.17, 15) is 9.59 Å². The summed E-state index contributed by atoms with van der Waals surface area (Å²) in [7, 11) is 0.